The highest BCUT2D eigenvalue weighted by molar-refractivity contribution is 7.17. The first kappa shape index (κ1) is 23.4. The predicted octanol–water partition coefficient (Wildman–Crippen LogP) is 5.65. The number of carbonyl (C=O) groups is 3. The van der Waals surface area contributed by atoms with E-state index >= 15 is 0 Å². The van der Waals surface area contributed by atoms with E-state index in [-0.39, 0.29) is 0 Å². The van der Waals surface area contributed by atoms with Gasteiger partial charge in [-0.3, -0.25) is 4.79 Å². The summed E-state index contributed by atoms with van der Waals surface area (Å²) in [6.07, 6.45) is 6.61. The van der Waals surface area contributed by atoms with E-state index in [1.54, 1.807) is 6.08 Å². The molecule has 172 valence electrons. The number of methoxy groups -OCH3 is 1. The van der Waals surface area contributed by atoms with E-state index in [0.717, 1.165) is 52.3 Å². The standard InChI is InChI=1S/C24H23NO5S3/c1-29-24(28)21-16-8-3-2-4-9-19(16)33-22(21)25-20(26)14-30-23(27)17(18-10-6-12-32-18)13-15-7-5-11-31-15/h5-7,10-13H,2-4,8-9,14H2,1H3,(H,25,26). The van der Waals surface area contributed by atoms with Crippen LogP contribution in [0.4, 0.5) is 5.00 Å². The third-order valence-electron chi connectivity index (χ3n) is 5.23. The molecule has 4 rings (SSSR count). The van der Waals surface area contributed by atoms with Crippen LogP contribution >= 0.6 is 34.0 Å². The molecule has 3 aromatic rings. The highest BCUT2D eigenvalue weighted by Gasteiger charge is 2.26. The number of esters is 2. The molecule has 3 aromatic heterocycles. The Morgan fingerprint density at radius 2 is 1.85 bits per heavy atom. The van der Waals surface area contributed by atoms with Crippen LogP contribution in [0.25, 0.3) is 11.6 Å². The summed E-state index contributed by atoms with van der Waals surface area (Å²) in [4.78, 5) is 40.7. The van der Waals surface area contributed by atoms with Gasteiger partial charge in [0.25, 0.3) is 5.91 Å². The molecule has 0 unspecified atom stereocenters. The van der Waals surface area contributed by atoms with Crippen LogP contribution in [0.2, 0.25) is 0 Å². The minimum Gasteiger partial charge on any atom is -0.465 e. The second-order valence-corrected chi connectivity index (χ2v) is 10.5. The molecule has 0 fully saturated rings. The van der Waals surface area contributed by atoms with Crippen molar-refractivity contribution >= 4 is 68.5 Å². The average molecular weight is 502 g/mol. The second-order valence-electron chi connectivity index (χ2n) is 7.44. The van der Waals surface area contributed by atoms with Crippen LogP contribution in [0.5, 0.6) is 0 Å². The first-order valence-corrected chi connectivity index (χ1v) is 13.1. The maximum atomic E-state index is 12.8. The number of fused-ring (bicyclic) bond motifs is 1. The monoisotopic (exact) mass is 501 g/mol. The molecule has 0 saturated heterocycles. The van der Waals surface area contributed by atoms with Gasteiger partial charge in [-0.2, -0.15) is 0 Å². The van der Waals surface area contributed by atoms with Gasteiger partial charge in [0.1, 0.15) is 5.00 Å². The number of thiophene rings is 3. The number of aryl methyl sites for hydroxylation is 1. The van der Waals surface area contributed by atoms with Gasteiger partial charge >= 0.3 is 11.9 Å². The van der Waals surface area contributed by atoms with Crippen molar-refractivity contribution < 1.29 is 23.9 Å². The SMILES string of the molecule is COC(=O)c1c(NC(=O)COC(=O)C(=Cc2cccs2)c2cccs2)sc2c1CCCCC2. The Morgan fingerprint density at radius 3 is 2.58 bits per heavy atom. The van der Waals surface area contributed by atoms with Gasteiger partial charge in [-0.15, -0.1) is 34.0 Å². The second kappa shape index (κ2) is 10.9. The Kier molecular flexibility index (Phi) is 7.74. The van der Waals surface area contributed by atoms with Crippen LogP contribution in [0.1, 0.15) is 49.8 Å². The number of hydrogen-bond donors (Lipinski definition) is 1. The van der Waals surface area contributed by atoms with E-state index in [4.69, 9.17) is 9.47 Å². The summed E-state index contributed by atoms with van der Waals surface area (Å²) >= 11 is 4.35. The number of amides is 1. The van der Waals surface area contributed by atoms with Gasteiger partial charge in [-0.05, 0) is 60.2 Å². The third-order valence-corrected chi connectivity index (χ3v) is 8.16. The molecular formula is C24H23NO5S3. The van der Waals surface area contributed by atoms with Crippen molar-refractivity contribution in [1.82, 2.24) is 0 Å². The quantitative estimate of drug-likeness (QED) is 0.257. The molecule has 6 nitrogen and oxygen atoms in total. The van der Waals surface area contributed by atoms with Crippen molar-refractivity contribution in [2.45, 2.75) is 32.1 Å². The molecule has 0 bridgehead atoms. The lowest BCUT2D eigenvalue weighted by molar-refractivity contribution is -0.141. The molecule has 33 heavy (non-hydrogen) atoms. The number of anilines is 1. The van der Waals surface area contributed by atoms with Gasteiger partial charge in [0.05, 0.1) is 18.2 Å². The fraction of sp³-hybridized carbons (Fsp3) is 0.292. The van der Waals surface area contributed by atoms with Crippen LogP contribution in [0, 0.1) is 0 Å². The maximum Gasteiger partial charge on any atom is 0.341 e. The van der Waals surface area contributed by atoms with Gasteiger partial charge in [-0.25, -0.2) is 9.59 Å². The van der Waals surface area contributed by atoms with Gasteiger partial charge in [0.15, 0.2) is 6.61 Å². The summed E-state index contributed by atoms with van der Waals surface area (Å²) in [7, 11) is 1.34. The van der Waals surface area contributed by atoms with Crippen molar-refractivity contribution in [3.63, 3.8) is 0 Å². The molecule has 1 N–H and O–H groups in total. The number of hydrogen-bond acceptors (Lipinski definition) is 8. The number of rotatable bonds is 7. The fourth-order valence-electron chi connectivity index (χ4n) is 3.70. The van der Waals surface area contributed by atoms with E-state index < -0.39 is 24.5 Å². The van der Waals surface area contributed by atoms with Crippen LogP contribution in [-0.2, 0) is 31.9 Å². The summed E-state index contributed by atoms with van der Waals surface area (Å²) < 4.78 is 10.3. The summed E-state index contributed by atoms with van der Waals surface area (Å²) in [5.74, 6) is -1.52. The Balaban J connectivity index is 1.47. The molecule has 0 spiro atoms. The van der Waals surface area contributed by atoms with E-state index in [1.807, 2.05) is 35.0 Å². The van der Waals surface area contributed by atoms with Gasteiger partial charge < -0.3 is 14.8 Å². The zero-order valence-electron chi connectivity index (χ0n) is 18.1. The summed E-state index contributed by atoms with van der Waals surface area (Å²) in [5, 5.41) is 7.04. The lowest BCUT2D eigenvalue weighted by atomic mass is 10.1. The molecule has 1 amide bonds. The largest absolute Gasteiger partial charge is 0.465 e. The molecule has 0 radical (unpaired) electrons. The van der Waals surface area contributed by atoms with Crippen LogP contribution in [0.3, 0.4) is 0 Å². The molecule has 0 atom stereocenters. The molecular weight excluding hydrogens is 478 g/mol. The predicted molar refractivity (Wildman–Crippen MR) is 133 cm³/mol. The molecule has 1 aliphatic rings. The van der Waals surface area contributed by atoms with Crippen molar-refractivity contribution in [1.29, 1.82) is 0 Å². The number of carbonyl (C=O) groups excluding carboxylic acids is 3. The minimum absolute atomic E-state index is 0.401. The molecule has 9 heteroatoms. The minimum atomic E-state index is -0.573. The van der Waals surface area contributed by atoms with E-state index in [0.29, 0.717) is 16.1 Å². The first-order chi connectivity index (χ1) is 16.1. The average Bonchev–Trinajstić information content (AvgIpc) is 3.55. The van der Waals surface area contributed by atoms with Crippen molar-refractivity contribution in [2.75, 3.05) is 19.0 Å². The van der Waals surface area contributed by atoms with Crippen LogP contribution in [0.15, 0.2) is 35.0 Å². The van der Waals surface area contributed by atoms with E-state index in [2.05, 4.69) is 5.32 Å². The Hall–Kier alpha value is -2.75. The van der Waals surface area contributed by atoms with Gasteiger partial charge in [0.2, 0.25) is 0 Å². The lowest BCUT2D eigenvalue weighted by Gasteiger charge is -2.09. The molecule has 0 aromatic carbocycles. The fourth-order valence-corrected chi connectivity index (χ4v) is 6.38. The molecule has 1 aliphatic carbocycles. The number of nitrogens with one attached hydrogen (secondary N) is 1. The topological polar surface area (TPSA) is 81.7 Å². The van der Waals surface area contributed by atoms with E-state index in [9.17, 15) is 14.4 Å². The highest BCUT2D eigenvalue weighted by Crippen LogP contribution is 2.38. The van der Waals surface area contributed by atoms with Gasteiger partial charge in [0, 0.05) is 14.6 Å². The summed E-state index contributed by atoms with van der Waals surface area (Å²) in [5.41, 5.74) is 1.80. The molecule has 0 aliphatic heterocycles. The lowest BCUT2D eigenvalue weighted by Crippen LogP contribution is -2.22. The number of ether oxygens (including phenoxy) is 2. The van der Waals surface area contributed by atoms with Crippen molar-refractivity contribution in [2.24, 2.45) is 0 Å². The van der Waals surface area contributed by atoms with Crippen molar-refractivity contribution in [3.8, 4) is 0 Å². The van der Waals surface area contributed by atoms with E-state index in [1.165, 1.54) is 41.1 Å². The normalized spacial score (nSPS) is 13.7. The Labute approximate surface area is 203 Å². The smallest absolute Gasteiger partial charge is 0.341 e. The third kappa shape index (κ3) is 5.61. The van der Waals surface area contributed by atoms with Crippen LogP contribution < -0.4 is 5.32 Å². The molecule has 3 heterocycles. The van der Waals surface area contributed by atoms with Crippen molar-refractivity contribution in [3.05, 3.63) is 60.8 Å². The van der Waals surface area contributed by atoms with Gasteiger partial charge in [-0.1, -0.05) is 18.6 Å². The summed E-state index contributed by atoms with van der Waals surface area (Å²) in [6, 6.07) is 7.51. The Bertz CT molecular complexity index is 1160. The highest BCUT2D eigenvalue weighted by atomic mass is 32.1. The summed E-state index contributed by atoms with van der Waals surface area (Å²) in [6.45, 7) is -0.449. The zero-order chi connectivity index (χ0) is 23.2. The maximum absolute atomic E-state index is 12.8. The molecule has 0 saturated carbocycles. The first-order valence-electron chi connectivity index (χ1n) is 10.6. The zero-order valence-corrected chi connectivity index (χ0v) is 20.5. The van der Waals surface area contributed by atoms with Crippen LogP contribution in [-0.4, -0.2) is 31.6 Å². The Morgan fingerprint density at radius 1 is 1.06 bits per heavy atom.